The molecule has 0 saturated carbocycles. The second-order valence-electron chi connectivity index (χ2n) is 7.66. The van der Waals surface area contributed by atoms with Crippen LogP contribution in [-0.2, 0) is 40.7 Å². The van der Waals surface area contributed by atoms with Gasteiger partial charge in [0.15, 0.2) is 0 Å². The first kappa shape index (κ1) is 19.5. The highest BCUT2D eigenvalue weighted by molar-refractivity contribution is 6.17. The van der Waals surface area contributed by atoms with Crippen molar-refractivity contribution < 1.29 is 33.4 Å². The Labute approximate surface area is 177 Å². The first-order valence-electron chi connectivity index (χ1n) is 9.98. The zero-order valence-electron chi connectivity index (χ0n) is 17.3. The summed E-state index contributed by atoms with van der Waals surface area (Å²) in [6.45, 7) is 3.20. The predicted molar refractivity (Wildman–Crippen MR) is 106 cm³/mol. The van der Waals surface area contributed by atoms with Crippen LogP contribution in [0.5, 0.6) is 0 Å². The van der Waals surface area contributed by atoms with Gasteiger partial charge in [-0.1, -0.05) is 18.2 Å². The van der Waals surface area contributed by atoms with Crippen LogP contribution in [0, 0.1) is 0 Å². The number of aromatic nitrogens is 1. The van der Waals surface area contributed by atoms with Gasteiger partial charge in [-0.3, -0.25) is 14.2 Å². The van der Waals surface area contributed by atoms with Crippen LogP contribution in [0.1, 0.15) is 29.9 Å². The van der Waals surface area contributed by atoms with Gasteiger partial charge in [0.1, 0.15) is 0 Å². The molecule has 4 heterocycles. The van der Waals surface area contributed by atoms with Gasteiger partial charge in [0.25, 0.3) is 11.5 Å². The molecular formula is C22H20N2O7. The van der Waals surface area contributed by atoms with Gasteiger partial charge in [-0.25, -0.2) is 9.59 Å². The highest BCUT2D eigenvalue weighted by atomic mass is 16.6. The Morgan fingerprint density at radius 1 is 1.23 bits per heavy atom. The van der Waals surface area contributed by atoms with Crippen LogP contribution in [0.25, 0.3) is 10.9 Å². The molecule has 0 radical (unpaired) electrons. The smallest absolute Gasteiger partial charge is 0.352 e. The van der Waals surface area contributed by atoms with E-state index in [2.05, 4.69) is 0 Å². The maximum atomic E-state index is 13.8. The minimum Gasteiger partial charge on any atom is -0.466 e. The molecule has 31 heavy (non-hydrogen) atoms. The quantitative estimate of drug-likeness (QED) is 0.540. The lowest BCUT2D eigenvalue weighted by Gasteiger charge is -2.48. The maximum absolute atomic E-state index is 13.8. The number of para-hydroxylation sites is 1. The van der Waals surface area contributed by atoms with Crippen molar-refractivity contribution in [1.82, 2.24) is 9.47 Å². The summed E-state index contributed by atoms with van der Waals surface area (Å²) >= 11 is 0. The van der Waals surface area contributed by atoms with Crippen molar-refractivity contribution in [1.29, 1.82) is 0 Å². The van der Waals surface area contributed by atoms with Crippen molar-refractivity contribution in [2.45, 2.75) is 31.6 Å². The van der Waals surface area contributed by atoms with E-state index in [1.807, 2.05) is 12.1 Å². The normalized spacial score (nSPS) is 25.8. The van der Waals surface area contributed by atoms with E-state index in [-0.39, 0.29) is 24.6 Å². The molecule has 0 saturated heterocycles. The molecule has 0 unspecified atom stereocenters. The summed E-state index contributed by atoms with van der Waals surface area (Å²) < 4.78 is 17.8. The molecule has 3 aliphatic rings. The molecule has 2 bridgehead atoms. The number of amides is 1. The Kier molecular flexibility index (Phi) is 3.94. The predicted octanol–water partition coefficient (Wildman–Crippen LogP) is 1.28. The summed E-state index contributed by atoms with van der Waals surface area (Å²) in [5.41, 5.74) is -2.36. The zero-order chi connectivity index (χ0) is 22.1. The fourth-order valence-corrected chi connectivity index (χ4v) is 5.01. The van der Waals surface area contributed by atoms with E-state index in [4.69, 9.17) is 14.2 Å². The van der Waals surface area contributed by atoms with Crippen LogP contribution in [-0.4, -0.2) is 59.1 Å². The van der Waals surface area contributed by atoms with E-state index in [9.17, 15) is 19.2 Å². The Bertz CT molecular complexity index is 1230. The van der Waals surface area contributed by atoms with E-state index in [1.54, 1.807) is 19.1 Å². The summed E-state index contributed by atoms with van der Waals surface area (Å²) in [6.07, 6.45) is 1.62. The third kappa shape index (κ3) is 2.13. The number of ether oxygens (including phenoxy) is 3. The molecule has 5 rings (SSSR count). The molecule has 2 atom stereocenters. The Hall–Kier alpha value is -3.46. The number of rotatable bonds is 3. The third-order valence-corrected chi connectivity index (χ3v) is 6.17. The Morgan fingerprint density at radius 2 is 1.97 bits per heavy atom. The summed E-state index contributed by atoms with van der Waals surface area (Å²) in [4.78, 5) is 53.8. The lowest BCUT2D eigenvalue weighted by atomic mass is 9.89. The van der Waals surface area contributed by atoms with Gasteiger partial charge in [-0.05, 0) is 31.1 Å². The lowest BCUT2D eigenvalue weighted by Crippen LogP contribution is -2.64. The van der Waals surface area contributed by atoms with E-state index in [1.165, 1.54) is 23.5 Å². The molecule has 9 heteroatoms. The van der Waals surface area contributed by atoms with Crippen molar-refractivity contribution in [2.24, 2.45) is 0 Å². The summed E-state index contributed by atoms with van der Waals surface area (Å²) in [7, 11) is 1.19. The number of esters is 2. The Morgan fingerprint density at radius 3 is 2.65 bits per heavy atom. The average molecular weight is 424 g/mol. The molecule has 2 aromatic rings. The van der Waals surface area contributed by atoms with Gasteiger partial charge in [0, 0.05) is 18.9 Å². The number of carbonyl (C=O) groups is 4. The number of hydrogen-bond acceptors (Lipinski definition) is 7. The number of methoxy groups -OCH3 is 1. The molecule has 9 nitrogen and oxygen atoms in total. The van der Waals surface area contributed by atoms with Crippen molar-refractivity contribution in [2.75, 3.05) is 20.3 Å². The minimum atomic E-state index is -2.21. The number of benzene rings is 1. The number of fused-ring (bicyclic) bond motifs is 4. The molecule has 3 aliphatic heterocycles. The second kappa shape index (κ2) is 6.27. The van der Waals surface area contributed by atoms with E-state index in [0.29, 0.717) is 17.6 Å². The number of hydrogen-bond donors (Lipinski definition) is 0. The van der Waals surface area contributed by atoms with E-state index < -0.39 is 29.2 Å². The number of nitrogens with zero attached hydrogens (tertiary/aromatic N) is 2. The van der Waals surface area contributed by atoms with Gasteiger partial charge in [0.05, 0.1) is 30.5 Å². The first-order chi connectivity index (χ1) is 14.8. The van der Waals surface area contributed by atoms with Crippen LogP contribution in [0.3, 0.4) is 0 Å². The van der Waals surface area contributed by atoms with E-state index in [0.717, 1.165) is 17.0 Å². The zero-order valence-corrected chi connectivity index (χ0v) is 17.3. The molecule has 1 aromatic heterocycles. The highest BCUT2D eigenvalue weighted by Gasteiger charge is 2.71. The van der Waals surface area contributed by atoms with Gasteiger partial charge in [-0.2, -0.15) is 0 Å². The molecule has 0 aliphatic carbocycles. The van der Waals surface area contributed by atoms with Gasteiger partial charge in [-0.15, -0.1) is 0 Å². The fourth-order valence-electron chi connectivity index (χ4n) is 5.01. The fraction of sp³-hybridized carbons (Fsp3) is 0.364. The Balaban J connectivity index is 1.94. The van der Waals surface area contributed by atoms with E-state index >= 15 is 0 Å². The molecule has 1 aromatic carbocycles. The molecule has 0 N–H and O–H groups in total. The summed E-state index contributed by atoms with van der Waals surface area (Å²) in [6, 6.07) is 7.26. The lowest BCUT2D eigenvalue weighted by molar-refractivity contribution is -0.207. The summed E-state index contributed by atoms with van der Waals surface area (Å²) in [5.74, 6) is -2.80. The summed E-state index contributed by atoms with van der Waals surface area (Å²) in [5, 5.41) is 0.799. The van der Waals surface area contributed by atoms with Gasteiger partial charge in [0.2, 0.25) is 11.6 Å². The molecule has 160 valence electrons. The standard InChI is InChI=1S/C22H20N2O7/c1-4-30-20(28)21-11-15(18(26)29-3)22(31-21)17-14(9-10-23(22)12(2)25)13-7-5-6-8-16(13)24(17)19(21)27/h5-8,11H,4,9-10H2,1-3H3/t21-,22+/m1/s1. The van der Waals surface area contributed by atoms with Crippen molar-refractivity contribution >= 4 is 34.7 Å². The van der Waals surface area contributed by atoms with Crippen LogP contribution >= 0.6 is 0 Å². The third-order valence-electron chi connectivity index (χ3n) is 6.17. The minimum absolute atomic E-state index is 0.00652. The van der Waals surface area contributed by atoms with Crippen LogP contribution < -0.4 is 0 Å². The largest absolute Gasteiger partial charge is 0.466 e. The number of carbonyl (C=O) groups excluding carboxylic acids is 4. The molecule has 1 spiro atoms. The van der Waals surface area contributed by atoms with Gasteiger partial charge >= 0.3 is 11.9 Å². The maximum Gasteiger partial charge on any atom is 0.352 e. The SMILES string of the molecule is CCOC(=O)[C@]12C=C(C(=O)OC)[C@]3(O1)c1c(c4ccccc4n1C2=O)CCN3C(C)=O. The van der Waals surface area contributed by atoms with Gasteiger partial charge < -0.3 is 19.1 Å². The molecule has 0 fully saturated rings. The molecular weight excluding hydrogens is 404 g/mol. The topological polar surface area (TPSA) is 104 Å². The molecule has 1 amide bonds. The second-order valence-corrected chi connectivity index (χ2v) is 7.66. The average Bonchev–Trinajstić information content (AvgIpc) is 3.26. The van der Waals surface area contributed by atoms with Crippen molar-refractivity contribution in [3.8, 4) is 0 Å². The van der Waals surface area contributed by atoms with Crippen LogP contribution in [0.4, 0.5) is 0 Å². The van der Waals surface area contributed by atoms with Crippen molar-refractivity contribution in [3.63, 3.8) is 0 Å². The first-order valence-corrected chi connectivity index (χ1v) is 9.98. The van der Waals surface area contributed by atoms with Crippen LogP contribution in [0.2, 0.25) is 0 Å². The highest BCUT2D eigenvalue weighted by Crippen LogP contribution is 2.56. The monoisotopic (exact) mass is 424 g/mol. The van der Waals surface area contributed by atoms with Crippen LogP contribution in [0.15, 0.2) is 35.9 Å². The van der Waals surface area contributed by atoms with Crippen molar-refractivity contribution in [3.05, 3.63) is 47.2 Å².